The molecule has 1 amide bonds. The van der Waals surface area contributed by atoms with Crippen LogP contribution in [-0.4, -0.2) is 16.3 Å². The van der Waals surface area contributed by atoms with Gasteiger partial charge in [0.2, 0.25) is 11.7 Å². The second kappa shape index (κ2) is 6.93. The summed E-state index contributed by atoms with van der Waals surface area (Å²) in [6.45, 7) is 0.632. The fourth-order valence-corrected chi connectivity index (χ4v) is 3.54. The number of anilines is 1. The van der Waals surface area contributed by atoms with Gasteiger partial charge in [-0.15, -0.1) is 0 Å². The van der Waals surface area contributed by atoms with Gasteiger partial charge in [0.15, 0.2) is 0 Å². The average molecular weight is 355 g/mol. The molecule has 5 nitrogen and oxygen atoms in total. The predicted molar refractivity (Wildman–Crippen MR) is 101 cm³/mol. The van der Waals surface area contributed by atoms with Crippen molar-refractivity contribution in [3.05, 3.63) is 89.2 Å². The minimum absolute atomic E-state index is 0.0374. The van der Waals surface area contributed by atoms with Crippen molar-refractivity contribution >= 4 is 17.4 Å². The summed E-state index contributed by atoms with van der Waals surface area (Å²) in [4.78, 5) is 25.5. The summed E-state index contributed by atoms with van der Waals surface area (Å²) in [7, 11) is 0. The first-order valence-electron chi connectivity index (χ1n) is 8.77. The molecule has 4 rings (SSSR count). The Bertz CT molecular complexity index is 1060. The fraction of sp³-hybridized carbons (Fsp3) is 0.136. The lowest BCUT2D eigenvalue weighted by Gasteiger charge is -2.11. The molecule has 0 unspecified atom stereocenters. The molecule has 27 heavy (non-hydrogen) atoms. The number of nitrogens with one attached hydrogen (secondary N) is 1. The molecule has 2 aromatic carbocycles. The summed E-state index contributed by atoms with van der Waals surface area (Å²) in [5, 5.41) is 11.9. The smallest absolute Gasteiger partial charge is 0.233 e. The van der Waals surface area contributed by atoms with Crippen LogP contribution in [0.3, 0.4) is 0 Å². The number of hydrogen-bond acceptors (Lipinski definition) is 3. The number of carbonyl (C=O) groups excluding carboxylic acids is 2. The van der Waals surface area contributed by atoms with Crippen molar-refractivity contribution in [2.45, 2.75) is 18.9 Å². The zero-order valence-corrected chi connectivity index (χ0v) is 14.6. The van der Waals surface area contributed by atoms with Gasteiger partial charge in [-0.2, -0.15) is 5.26 Å². The highest BCUT2D eigenvalue weighted by atomic mass is 16.2. The molecule has 0 saturated heterocycles. The maximum atomic E-state index is 12.8. The summed E-state index contributed by atoms with van der Waals surface area (Å²) < 4.78 is 1.94. The SMILES string of the molecule is N#Cc1cccc(NC(=O)[C@@H]2CCn3c(C(=O)c4ccccc4)ccc32)c1. The van der Waals surface area contributed by atoms with Gasteiger partial charge in [0, 0.05) is 23.5 Å². The number of ketones is 1. The van der Waals surface area contributed by atoms with Crippen molar-refractivity contribution in [3.8, 4) is 6.07 Å². The van der Waals surface area contributed by atoms with Gasteiger partial charge in [0.25, 0.3) is 0 Å². The van der Waals surface area contributed by atoms with Gasteiger partial charge in [-0.1, -0.05) is 36.4 Å². The van der Waals surface area contributed by atoms with Crippen LogP contribution in [0, 0.1) is 11.3 Å². The monoisotopic (exact) mass is 355 g/mol. The Hall–Kier alpha value is -3.65. The molecule has 1 N–H and O–H groups in total. The van der Waals surface area contributed by atoms with E-state index in [1.165, 1.54) is 0 Å². The minimum atomic E-state index is -0.312. The van der Waals surface area contributed by atoms with Crippen LogP contribution < -0.4 is 5.32 Å². The van der Waals surface area contributed by atoms with Crippen LogP contribution in [0.1, 0.15) is 39.6 Å². The van der Waals surface area contributed by atoms with E-state index in [9.17, 15) is 9.59 Å². The number of carbonyl (C=O) groups is 2. The molecule has 0 aliphatic carbocycles. The molecule has 2 heterocycles. The van der Waals surface area contributed by atoms with Crippen LogP contribution >= 0.6 is 0 Å². The molecule has 3 aromatic rings. The molecule has 132 valence electrons. The third kappa shape index (κ3) is 3.13. The van der Waals surface area contributed by atoms with Gasteiger partial charge >= 0.3 is 0 Å². The van der Waals surface area contributed by atoms with Crippen LogP contribution in [0.5, 0.6) is 0 Å². The number of nitriles is 1. The number of fused-ring (bicyclic) bond motifs is 1. The predicted octanol–water partition coefficient (Wildman–Crippen LogP) is 3.72. The molecule has 0 saturated carbocycles. The van der Waals surface area contributed by atoms with Crippen molar-refractivity contribution < 1.29 is 9.59 Å². The quantitative estimate of drug-likeness (QED) is 0.725. The van der Waals surface area contributed by atoms with Crippen molar-refractivity contribution in [1.82, 2.24) is 4.57 Å². The minimum Gasteiger partial charge on any atom is -0.341 e. The third-order valence-electron chi connectivity index (χ3n) is 4.86. The highest BCUT2D eigenvalue weighted by Crippen LogP contribution is 2.32. The zero-order valence-electron chi connectivity index (χ0n) is 14.6. The van der Waals surface area contributed by atoms with E-state index < -0.39 is 0 Å². The molecule has 0 bridgehead atoms. The number of nitrogens with zero attached hydrogens (tertiary/aromatic N) is 2. The lowest BCUT2D eigenvalue weighted by Crippen LogP contribution is -2.19. The number of rotatable bonds is 4. The van der Waals surface area contributed by atoms with Crippen molar-refractivity contribution in [3.63, 3.8) is 0 Å². The summed E-state index contributed by atoms with van der Waals surface area (Å²) in [6, 6.07) is 21.7. The normalized spacial score (nSPS) is 15.0. The standard InChI is InChI=1S/C22H17N3O2/c23-14-15-5-4-8-17(13-15)24-22(27)18-11-12-25-19(18)9-10-20(25)21(26)16-6-2-1-3-7-16/h1-10,13,18H,11-12H2,(H,24,27)/t18-/m1/s1. The summed E-state index contributed by atoms with van der Waals surface area (Å²) in [5.41, 5.74) is 3.20. The zero-order chi connectivity index (χ0) is 18.8. The first-order valence-corrected chi connectivity index (χ1v) is 8.77. The van der Waals surface area contributed by atoms with Gasteiger partial charge in [0.05, 0.1) is 23.2 Å². The van der Waals surface area contributed by atoms with E-state index in [1.54, 1.807) is 42.5 Å². The number of benzene rings is 2. The largest absolute Gasteiger partial charge is 0.341 e. The maximum Gasteiger partial charge on any atom is 0.233 e. The number of amides is 1. The Kier molecular flexibility index (Phi) is 4.31. The Morgan fingerprint density at radius 1 is 1.04 bits per heavy atom. The summed E-state index contributed by atoms with van der Waals surface area (Å²) in [6.07, 6.45) is 0.648. The third-order valence-corrected chi connectivity index (χ3v) is 4.86. The van der Waals surface area contributed by atoms with Crippen LogP contribution in [0.2, 0.25) is 0 Å². The van der Waals surface area contributed by atoms with Crippen LogP contribution in [0.15, 0.2) is 66.7 Å². The van der Waals surface area contributed by atoms with E-state index >= 15 is 0 Å². The first kappa shape index (κ1) is 16.8. The molecule has 0 fully saturated rings. The fourth-order valence-electron chi connectivity index (χ4n) is 3.54. The van der Waals surface area contributed by atoms with Crippen LogP contribution in [0.4, 0.5) is 5.69 Å². The summed E-state index contributed by atoms with van der Waals surface area (Å²) in [5.74, 6) is -0.474. The lowest BCUT2D eigenvalue weighted by atomic mass is 10.0. The van der Waals surface area contributed by atoms with Crippen LogP contribution in [0.25, 0.3) is 0 Å². The van der Waals surface area contributed by atoms with Crippen molar-refractivity contribution in [1.29, 1.82) is 5.26 Å². The van der Waals surface area contributed by atoms with Crippen molar-refractivity contribution in [2.75, 3.05) is 5.32 Å². The molecule has 1 aromatic heterocycles. The molecule has 0 radical (unpaired) electrons. The molecule has 1 aliphatic rings. The first-order chi connectivity index (χ1) is 13.2. The topological polar surface area (TPSA) is 74.9 Å². The summed E-state index contributed by atoms with van der Waals surface area (Å²) >= 11 is 0. The Balaban J connectivity index is 1.56. The van der Waals surface area contributed by atoms with E-state index in [-0.39, 0.29) is 17.6 Å². The molecule has 0 spiro atoms. The molecular formula is C22H17N3O2. The van der Waals surface area contributed by atoms with Crippen LogP contribution in [-0.2, 0) is 11.3 Å². The number of aromatic nitrogens is 1. The highest BCUT2D eigenvalue weighted by molar-refractivity contribution is 6.08. The second-order valence-corrected chi connectivity index (χ2v) is 6.51. The van der Waals surface area contributed by atoms with Gasteiger partial charge in [-0.3, -0.25) is 9.59 Å². The van der Waals surface area contributed by atoms with E-state index in [0.29, 0.717) is 35.5 Å². The molecule has 1 aliphatic heterocycles. The van der Waals surface area contributed by atoms with Gasteiger partial charge in [-0.05, 0) is 36.8 Å². The number of hydrogen-bond donors (Lipinski definition) is 1. The second-order valence-electron chi connectivity index (χ2n) is 6.51. The Morgan fingerprint density at radius 3 is 2.63 bits per heavy atom. The van der Waals surface area contributed by atoms with E-state index in [1.807, 2.05) is 28.8 Å². The van der Waals surface area contributed by atoms with Gasteiger partial charge in [-0.25, -0.2) is 0 Å². The Labute approximate surface area is 156 Å². The average Bonchev–Trinajstić information content (AvgIpc) is 3.30. The lowest BCUT2D eigenvalue weighted by molar-refractivity contribution is -0.117. The van der Waals surface area contributed by atoms with Crippen molar-refractivity contribution in [2.24, 2.45) is 0 Å². The van der Waals surface area contributed by atoms with E-state index in [2.05, 4.69) is 11.4 Å². The molecule has 1 atom stereocenters. The van der Waals surface area contributed by atoms with E-state index in [0.717, 1.165) is 5.69 Å². The maximum absolute atomic E-state index is 12.8. The molecule has 5 heteroatoms. The molecular weight excluding hydrogens is 338 g/mol. The van der Waals surface area contributed by atoms with Gasteiger partial charge < -0.3 is 9.88 Å². The Morgan fingerprint density at radius 2 is 1.85 bits per heavy atom. The van der Waals surface area contributed by atoms with Gasteiger partial charge in [0.1, 0.15) is 0 Å². The highest BCUT2D eigenvalue weighted by Gasteiger charge is 2.32. The van der Waals surface area contributed by atoms with E-state index in [4.69, 9.17) is 5.26 Å².